The number of benzene rings is 1. The molecule has 0 atom stereocenters. The summed E-state index contributed by atoms with van der Waals surface area (Å²) in [6.07, 6.45) is 1.81. The van der Waals surface area contributed by atoms with E-state index in [4.69, 9.17) is 14.7 Å². The molecule has 24 heavy (non-hydrogen) atoms. The predicted molar refractivity (Wildman–Crippen MR) is 86.1 cm³/mol. The van der Waals surface area contributed by atoms with Crippen molar-refractivity contribution in [2.75, 3.05) is 20.3 Å². The molecule has 0 spiro atoms. The zero-order chi connectivity index (χ0) is 16.9. The number of nitrogens with zero attached hydrogens (tertiary/aromatic N) is 2. The number of aromatic nitrogens is 1. The van der Waals surface area contributed by atoms with Gasteiger partial charge in [-0.05, 0) is 17.7 Å². The summed E-state index contributed by atoms with van der Waals surface area (Å²) < 4.78 is 10.8. The van der Waals surface area contributed by atoms with Crippen molar-refractivity contribution >= 4 is 5.91 Å². The lowest BCUT2D eigenvalue weighted by Crippen LogP contribution is -2.25. The van der Waals surface area contributed by atoms with Crippen LogP contribution in [0.1, 0.15) is 21.5 Å². The van der Waals surface area contributed by atoms with E-state index < -0.39 is 5.91 Å². The first-order valence-electron chi connectivity index (χ1n) is 7.61. The van der Waals surface area contributed by atoms with E-state index in [9.17, 15) is 4.79 Å². The van der Waals surface area contributed by atoms with E-state index in [1.54, 1.807) is 30.9 Å². The van der Waals surface area contributed by atoms with Crippen molar-refractivity contribution in [3.8, 4) is 11.6 Å². The second-order valence-corrected chi connectivity index (χ2v) is 5.53. The molecule has 0 fully saturated rings. The van der Waals surface area contributed by atoms with Gasteiger partial charge >= 0.3 is 0 Å². The number of hydrogen-bond donors (Lipinski definition) is 2. The molecule has 0 bridgehead atoms. The average molecular weight is 329 g/mol. The molecule has 1 amide bonds. The Morgan fingerprint density at radius 3 is 3.00 bits per heavy atom. The maximum absolute atomic E-state index is 11.5. The van der Waals surface area contributed by atoms with Crippen LogP contribution < -0.4 is 15.0 Å². The summed E-state index contributed by atoms with van der Waals surface area (Å²) in [4.78, 5) is 18.0. The second kappa shape index (κ2) is 7.29. The molecule has 0 unspecified atom stereocenters. The topological polar surface area (TPSA) is 83.9 Å². The van der Waals surface area contributed by atoms with Gasteiger partial charge in [0, 0.05) is 43.0 Å². The minimum Gasteiger partial charge on any atom is -0.492 e. The Morgan fingerprint density at radius 2 is 2.29 bits per heavy atom. The molecule has 1 aromatic carbocycles. The quantitative estimate of drug-likeness (QED) is 0.655. The predicted octanol–water partition coefficient (Wildman–Crippen LogP) is 1.60. The third-order valence-corrected chi connectivity index (χ3v) is 3.90. The number of pyridine rings is 1. The first kappa shape index (κ1) is 16.2. The molecule has 2 heterocycles. The van der Waals surface area contributed by atoms with Crippen LogP contribution in [0.5, 0.6) is 11.6 Å². The van der Waals surface area contributed by atoms with Crippen molar-refractivity contribution in [3.63, 3.8) is 0 Å². The van der Waals surface area contributed by atoms with Gasteiger partial charge in [-0.2, -0.15) is 0 Å². The molecular weight excluding hydrogens is 310 g/mol. The number of methoxy groups -OCH3 is 1. The molecule has 2 N–H and O–H groups in total. The minimum atomic E-state index is -0.549. The summed E-state index contributed by atoms with van der Waals surface area (Å²) in [5.41, 5.74) is 4.09. The Bertz CT molecular complexity index is 718. The number of carbonyl (C=O) groups is 1. The Kier molecular flexibility index (Phi) is 4.93. The highest BCUT2D eigenvalue weighted by Crippen LogP contribution is 2.25. The van der Waals surface area contributed by atoms with E-state index in [1.165, 1.54) is 0 Å². The molecule has 1 aromatic heterocycles. The third-order valence-electron chi connectivity index (χ3n) is 3.90. The summed E-state index contributed by atoms with van der Waals surface area (Å²) in [5, 5.41) is 8.73. The average Bonchev–Trinajstić information content (AvgIpc) is 2.82. The molecule has 7 nitrogen and oxygen atoms in total. The maximum atomic E-state index is 11.5. The molecule has 3 rings (SSSR count). The summed E-state index contributed by atoms with van der Waals surface area (Å²) >= 11 is 0. The van der Waals surface area contributed by atoms with Crippen molar-refractivity contribution < 1.29 is 19.5 Å². The van der Waals surface area contributed by atoms with Gasteiger partial charge in [0.25, 0.3) is 5.91 Å². The van der Waals surface area contributed by atoms with Crippen LogP contribution in [-0.2, 0) is 13.1 Å². The first-order valence-corrected chi connectivity index (χ1v) is 7.61. The van der Waals surface area contributed by atoms with Crippen LogP contribution in [0.2, 0.25) is 0 Å². The van der Waals surface area contributed by atoms with Gasteiger partial charge in [-0.1, -0.05) is 12.1 Å². The fourth-order valence-electron chi connectivity index (χ4n) is 2.65. The molecule has 1 aliphatic rings. The molecule has 0 aliphatic carbocycles. The van der Waals surface area contributed by atoms with Gasteiger partial charge in [-0.15, -0.1) is 0 Å². The van der Waals surface area contributed by atoms with Gasteiger partial charge in [0.2, 0.25) is 5.88 Å². The van der Waals surface area contributed by atoms with Crippen molar-refractivity contribution in [1.82, 2.24) is 15.4 Å². The van der Waals surface area contributed by atoms with Crippen LogP contribution in [0.15, 0.2) is 36.5 Å². The molecule has 0 radical (unpaired) electrons. The smallest absolute Gasteiger partial charge is 0.274 e. The second-order valence-electron chi connectivity index (χ2n) is 5.53. The number of fused-ring (bicyclic) bond motifs is 1. The van der Waals surface area contributed by atoms with Gasteiger partial charge in [-0.25, -0.2) is 10.5 Å². The number of carbonyl (C=O) groups excluding carboxylic acids is 1. The van der Waals surface area contributed by atoms with E-state index in [2.05, 4.69) is 9.88 Å². The molecule has 0 saturated carbocycles. The molecule has 7 heteroatoms. The fraction of sp³-hybridized carbons (Fsp3) is 0.294. The molecular formula is C17H19N3O4. The maximum Gasteiger partial charge on any atom is 0.274 e. The van der Waals surface area contributed by atoms with E-state index in [1.807, 2.05) is 18.2 Å². The normalized spacial score (nSPS) is 14.2. The summed E-state index contributed by atoms with van der Waals surface area (Å²) in [7, 11) is 1.59. The van der Waals surface area contributed by atoms with Crippen molar-refractivity contribution in [3.05, 3.63) is 53.2 Å². The Hall–Kier alpha value is -2.64. The Balaban J connectivity index is 1.73. The van der Waals surface area contributed by atoms with Crippen LogP contribution in [0.3, 0.4) is 0 Å². The van der Waals surface area contributed by atoms with E-state index in [0.29, 0.717) is 30.3 Å². The number of amides is 1. The van der Waals surface area contributed by atoms with Gasteiger partial charge in [0.15, 0.2) is 0 Å². The van der Waals surface area contributed by atoms with Crippen LogP contribution in [-0.4, -0.2) is 41.3 Å². The zero-order valence-corrected chi connectivity index (χ0v) is 13.4. The van der Waals surface area contributed by atoms with Crippen LogP contribution >= 0.6 is 0 Å². The summed E-state index contributed by atoms with van der Waals surface area (Å²) in [5.74, 6) is 0.719. The third kappa shape index (κ3) is 3.64. The highest BCUT2D eigenvalue weighted by Gasteiger charge is 2.17. The van der Waals surface area contributed by atoms with Gasteiger partial charge < -0.3 is 9.47 Å². The van der Waals surface area contributed by atoms with Gasteiger partial charge in [0.05, 0.1) is 7.11 Å². The van der Waals surface area contributed by atoms with Crippen LogP contribution in [0.25, 0.3) is 0 Å². The fourth-order valence-corrected chi connectivity index (χ4v) is 2.65. The molecule has 2 aromatic rings. The highest BCUT2D eigenvalue weighted by molar-refractivity contribution is 5.93. The number of hydroxylamine groups is 1. The minimum absolute atomic E-state index is 0.365. The summed E-state index contributed by atoms with van der Waals surface area (Å²) in [6.45, 7) is 2.75. The molecule has 1 aliphatic heterocycles. The highest BCUT2D eigenvalue weighted by atomic mass is 16.5. The van der Waals surface area contributed by atoms with Crippen molar-refractivity contribution in [1.29, 1.82) is 0 Å². The standard InChI is InChI=1S/C17H19N3O4/c1-23-16-5-2-12(9-18-16)10-20-6-7-24-15-8-13(17(21)19-22)3-4-14(15)11-20/h2-5,8-9,22H,6-7,10-11H2,1H3,(H,19,21). The number of hydrogen-bond acceptors (Lipinski definition) is 6. The lowest BCUT2D eigenvalue weighted by atomic mass is 10.1. The summed E-state index contributed by atoms with van der Waals surface area (Å²) in [6, 6.07) is 9.01. The van der Waals surface area contributed by atoms with Crippen LogP contribution in [0, 0.1) is 0 Å². The SMILES string of the molecule is COc1ccc(CN2CCOc3cc(C(=O)NO)ccc3C2)cn1. The zero-order valence-electron chi connectivity index (χ0n) is 13.4. The monoisotopic (exact) mass is 329 g/mol. The number of rotatable bonds is 4. The van der Waals surface area contributed by atoms with Gasteiger partial charge in [-0.3, -0.25) is 14.9 Å². The molecule has 126 valence electrons. The van der Waals surface area contributed by atoms with E-state index in [-0.39, 0.29) is 0 Å². The van der Waals surface area contributed by atoms with Crippen LogP contribution in [0.4, 0.5) is 0 Å². The lowest BCUT2D eigenvalue weighted by molar-refractivity contribution is 0.0706. The number of nitrogens with one attached hydrogen (secondary N) is 1. The first-order chi connectivity index (χ1) is 11.7. The Labute approximate surface area is 139 Å². The van der Waals surface area contributed by atoms with E-state index in [0.717, 1.165) is 24.2 Å². The Morgan fingerprint density at radius 1 is 1.42 bits per heavy atom. The number of ether oxygens (including phenoxy) is 2. The van der Waals surface area contributed by atoms with Gasteiger partial charge in [0.1, 0.15) is 12.4 Å². The largest absolute Gasteiger partial charge is 0.492 e. The van der Waals surface area contributed by atoms with Crippen molar-refractivity contribution in [2.45, 2.75) is 13.1 Å². The lowest BCUT2D eigenvalue weighted by Gasteiger charge is -2.19. The van der Waals surface area contributed by atoms with Crippen molar-refractivity contribution in [2.24, 2.45) is 0 Å². The molecule has 0 saturated heterocycles. The van der Waals surface area contributed by atoms with E-state index >= 15 is 0 Å².